The van der Waals surface area contributed by atoms with Crippen molar-refractivity contribution in [2.75, 3.05) is 0 Å². The lowest BCUT2D eigenvalue weighted by Gasteiger charge is -1.97. The molecule has 5 nitrogen and oxygen atoms in total. The van der Waals surface area contributed by atoms with Gasteiger partial charge in [-0.3, -0.25) is 4.79 Å². The van der Waals surface area contributed by atoms with Gasteiger partial charge in [-0.25, -0.2) is 4.79 Å². The van der Waals surface area contributed by atoms with Gasteiger partial charge in [0, 0.05) is 19.3 Å². The number of aromatic nitrogens is 1. The maximum atomic E-state index is 11.6. The molecule has 2 aromatic rings. The van der Waals surface area contributed by atoms with Crippen LogP contribution in [0.4, 0.5) is 0 Å². The molecule has 0 radical (unpaired) electrons. The summed E-state index contributed by atoms with van der Waals surface area (Å²) >= 11 is 3.20. The Morgan fingerprint density at radius 2 is 2.27 bits per heavy atom. The van der Waals surface area contributed by atoms with E-state index in [0.717, 1.165) is 0 Å². The summed E-state index contributed by atoms with van der Waals surface area (Å²) in [7, 11) is 1.58. The van der Waals surface area contributed by atoms with Crippen LogP contribution in [0.1, 0.15) is 10.6 Å². The first-order valence-electron chi connectivity index (χ1n) is 4.02. The molecular weight excluding hydrogens is 266 g/mol. The predicted molar refractivity (Wildman–Crippen MR) is 56.1 cm³/mol. The molecule has 0 amide bonds. The van der Waals surface area contributed by atoms with Gasteiger partial charge in [-0.2, -0.15) is 0 Å². The summed E-state index contributed by atoms with van der Waals surface area (Å²) in [5, 5.41) is 8.97. The summed E-state index contributed by atoms with van der Waals surface area (Å²) < 4.78 is 6.94. The third-order valence-electron chi connectivity index (χ3n) is 2.02. The van der Waals surface area contributed by atoms with Crippen LogP contribution >= 0.6 is 15.9 Å². The van der Waals surface area contributed by atoms with Gasteiger partial charge in [0.15, 0.2) is 5.58 Å². The molecule has 0 aliphatic rings. The monoisotopic (exact) mass is 271 g/mol. The largest absolute Gasteiger partial charge is 0.475 e. The summed E-state index contributed by atoms with van der Waals surface area (Å²) in [5.74, 6) is -1.44. The molecule has 2 rings (SSSR count). The number of carbonyl (C=O) groups is 1. The van der Waals surface area contributed by atoms with Crippen LogP contribution in [0, 0.1) is 0 Å². The van der Waals surface area contributed by atoms with Crippen LogP contribution in [-0.2, 0) is 7.05 Å². The molecule has 78 valence electrons. The molecule has 6 heteroatoms. The number of nitrogens with zero attached hydrogens (tertiary/aromatic N) is 1. The Hall–Kier alpha value is -1.56. The minimum absolute atomic E-state index is 0.242. The van der Waals surface area contributed by atoms with E-state index in [0.29, 0.717) is 4.47 Å². The predicted octanol–water partition coefficient (Wildman–Crippen LogP) is 1.59. The van der Waals surface area contributed by atoms with Gasteiger partial charge in [0.25, 0.3) is 5.56 Å². The zero-order valence-corrected chi connectivity index (χ0v) is 9.24. The zero-order valence-electron chi connectivity index (χ0n) is 7.65. The number of carboxylic acid groups (broad SMARTS) is 1. The van der Waals surface area contributed by atoms with Crippen molar-refractivity contribution in [1.29, 1.82) is 0 Å². The van der Waals surface area contributed by atoms with Gasteiger partial charge < -0.3 is 14.1 Å². The average molecular weight is 272 g/mol. The van der Waals surface area contributed by atoms with Crippen molar-refractivity contribution in [3.63, 3.8) is 0 Å². The number of fused-ring (bicyclic) bond motifs is 1. The second-order valence-electron chi connectivity index (χ2n) is 3.05. The molecule has 0 saturated carbocycles. The van der Waals surface area contributed by atoms with Crippen molar-refractivity contribution in [1.82, 2.24) is 4.57 Å². The number of halogens is 1. The Morgan fingerprint density at radius 3 is 2.87 bits per heavy atom. The first-order valence-corrected chi connectivity index (χ1v) is 4.82. The number of pyridine rings is 1. The Labute approximate surface area is 92.1 Å². The van der Waals surface area contributed by atoms with Gasteiger partial charge >= 0.3 is 5.97 Å². The van der Waals surface area contributed by atoms with E-state index >= 15 is 0 Å². The van der Waals surface area contributed by atoms with E-state index in [1.54, 1.807) is 7.05 Å². The quantitative estimate of drug-likeness (QED) is 0.855. The van der Waals surface area contributed by atoms with E-state index < -0.39 is 5.97 Å². The van der Waals surface area contributed by atoms with Crippen molar-refractivity contribution < 1.29 is 14.3 Å². The van der Waals surface area contributed by atoms with Crippen LogP contribution in [-0.4, -0.2) is 15.6 Å². The van der Waals surface area contributed by atoms with Crippen molar-refractivity contribution in [2.24, 2.45) is 7.05 Å². The van der Waals surface area contributed by atoms with Crippen molar-refractivity contribution in [3.8, 4) is 0 Å². The average Bonchev–Trinajstić information content (AvgIpc) is 2.59. The second kappa shape index (κ2) is 3.23. The molecule has 0 aromatic carbocycles. The lowest BCUT2D eigenvalue weighted by molar-refractivity contribution is 0.0665. The molecule has 2 heterocycles. The summed E-state index contributed by atoms with van der Waals surface area (Å²) in [4.78, 5) is 22.3. The number of furan rings is 1. The molecule has 2 aromatic heterocycles. The smallest absolute Gasteiger partial charge is 0.371 e. The number of aryl methyl sites for hydroxylation is 1. The fraction of sp³-hybridized carbons (Fsp3) is 0.111. The van der Waals surface area contributed by atoms with Crippen LogP contribution in [0.5, 0.6) is 0 Å². The van der Waals surface area contributed by atoms with Gasteiger partial charge in [-0.15, -0.1) is 0 Å². The second-order valence-corrected chi connectivity index (χ2v) is 3.91. The van der Waals surface area contributed by atoms with Crippen LogP contribution in [0.2, 0.25) is 0 Å². The van der Waals surface area contributed by atoms with Crippen molar-refractivity contribution in [3.05, 3.63) is 32.8 Å². The van der Waals surface area contributed by atoms with Crippen LogP contribution in [0.25, 0.3) is 11.0 Å². The SMILES string of the molecule is Cn1cc(Br)c2oc(C(=O)O)cc2c1=O. The molecule has 0 unspecified atom stereocenters. The summed E-state index contributed by atoms with van der Waals surface area (Å²) in [5.41, 5.74) is -0.0278. The Morgan fingerprint density at radius 1 is 1.60 bits per heavy atom. The maximum Gasteiger partial charge on any atom is 0.371 e. The fourth-order valence-corrected chi connectivity index (χ4v) is 1.91. The highest BCUT2D eigenvalue weighted by atomic mass is 79.9. The third kappa shape index (κ3) is 1.46. The Bertz CT molecular complexity index is 610. The first-order chi connectivity index (χ1) is 7.00. The molecule has 0 spiro atoms. The molecule has 0 aliphatic heterocycles. The van der Waals surface area contributed by atoms with E-state index in [9.17, 15) is 9.59 Å². The molecule has 0 saturated heterocycles. The highest BCUT2D eigenvalue weighted by molar-refractivity contribution is 9.10. The Balaban J connectivity index is 2.92. The lowest BCUT2D eigenvalue weighted by atomic mass is 10.3. The van der Waals surface area contributed by atoms with E-state index in [-0.39, 0.29) is 22.3 Å². The van der Waals surface area contributed by atoms with Gasteiger partial charge in [-0.1, -0.05) is 0 Å². The molecule has 0 fully saturated rings. The molecule has 0 aliphatic carbocycles. The highest BCUT2D eigenvalue weighted by Gasteiger charge is 2.15. The van der Waals surface area contributed by atoms with Crippen LogP contribution < -0.4 is 5.56 Å². The molecular formula is C9H6BrNO4. The third-order valence-corrected chi connectivity index (χ3v) is 2.58. The molecule has 0 atom stereocenters. The van der Waals surface area contributed by atoms with E-state index in [1.165, 1.54) is 16.8 Å². The minimum Gasteiger partial charge on any atom is -0.475 e. The van der Waals surface area contributed by atoms with Gasteiger partial charge in [0.05, 0.1) is 9.86 Å². The van der Waals surface area contributed by atoms with Crippen LogP contribution in [0.3, 0.4) is 0 Å². The zero-order chi connectivity index (χ0) is 11.2. The number of hydrogen-bond acceptors (Lipinski definition) is 3. The fourth-order valence-electron chi connectivity index (χ4n) is 1.31. The minimum atomic E-state index is -1.19. The van der Waals surface area contributed by atoms with Crippen molar-refractivity contribution in [2.45, 2.75) is 0 Å². The van der Waals surface area contributed by atoms with Gasteiger partial charge in [-0.05, 0) is 15.9 Å². The molecule has 1 N–H and O–H groups in total. The maximum absolute atomic E-state index is 11.6. The van der Waals surface area contributed by atoms with E-state index in [2.05, 4.69) is 15.9 Å². The summed E-state index contributed by atoms with van der Waals surface area (Å²) in [6, 6.07) is 1.23. The normalized spacial score (nSPS) is 10.8. The van der Waals surface area contributed by atoms with Crippen LogP contribution in [0.15, 0.2) is 25.9 Å². The number of aromatic carboxylic acids is 1. The standard InChI is InChI=1S/C9H6BrNO4/c1-11-3-5(10)7-4(8(11)12)2-6(15-7)9(13)14/h2-3H,1H3,(H,13,14). The van der Waals surface area contributed by atoms with Gasteiger partial charge in [0.1, 0.15) is 0 Å². The highest BCUT2D eigenvalue weighted by Crippen LogP contribution is 2.24. The van der Waals surface area contributed by atoms with E-state index in [4.69, 9.17) is 9.52 Å². The first kappa shape index (κ1) is 9.97. The number of hydrogen-bond donors (Lipinski definition) is 1. The number of carboxylic acids is 1. The number of rotatable bonds is 1. The molecule has 15 heavy (non-hydrogen) atoms. The summed E-state index contributed by atoms with van der Waals surface area (Å²) in [6.07, 6.45) is 1.53. The topological polar surface area (TPSA) is 72.4 Å². The van der Waals surface area contributed by atoms with Gasteiger partial charge in [0.2, 0.25) is 5.76 Å². The Kier molecular flexibility index (Phi) is 2.15. The van der Waals surface area contributed by atoms with Crippen molar-refractivity contribution >= 4 is 32.9 Å². The lowest BCUT2D eigenvalue weighted by Crippen LogP contribution is -2.15. The molecule has 0 bridgehead atoms. The van der Waals surface area contributed by atoms with E-state index in [1.807, 2.05) is 0 Å². The summed E-state index contributed by atoms with van der Waals surface area (Å²) in [6.45, 7) is 0.